The third-order valence-corrected chi connectivity index (χ3v) is 8.12. The number of hydrogen-bond donors (Lipinski definition) is 1. The predicted molar refractivity (Wildman–Crippen MR) is 166 cm³/mol. The lowest BCUT2D eigenvalue weighted by Gasteiger charge is -2.46. The van der Waals surface area contributed by atoms with Crippen molar-refractivity contribution in [1.29, 1.82) is 0 Å². The quantitative estimate of drug-likeness (QED) is 0.163. The number of esters is 2. The summed E-state index contributed by atoms with van der Waals surface area (Å²) in [4.78, 5) is 54.8. The van der Waals surface area contributed by atoms with E-state index in [1.165, 1.54) is 0 Å². The molecule has 45 heavy (non-hydrogen) atoms. The maximum atomic E-state index is 13.7. The van der Waals surface area contributed by atoms with Gasteiger partial charge in [-0.05, 0) is 55.5 Å². The van der Waals surface area contributed by atoms with E-state index < -0.39 is 53.5 Å². The van der Waals surface area contributed by atoms with Crippen LogP contribution >= 0.6 is 12.6 Å². The van der Waals surface area contributed by atoms with Crippen LogP contribution < -0.4 is 4.74 Å². The number of nitrogens with zero attached hydrogens (tertiary/aromatic N) is 1. The topological polar surface area (TPSA) is 108 Å². The van der Waals surface area contributed by atoms with E-state index in [9.17, 15) is 19.2 Å². The highest BCUT2D eigenvalue weighted by Crippen LogP contribution is 2.37. The number of thiol groups is 1. The first-order valence-electron chi connectivity index (χ1n) is 14.3. The van der Waals surface area contributed by atoms with Gasteiger partial charge < -0.3 is 18.9 Å². The van der Waals surface area contributed by atoms with Crippen molar-refractivity contribution < 1.29 is 38.1 Å². The van der Waals surface area contributed by atoms with Crippen molar-refractivity contribution in [3.63, 3.8) is 0 Å². The van der Waals surface area contributed by atoms with Crippen molar-refractivity contribution in [2.45, 2.75) is 36.7 Å². The molecule has 0 radical (unpaired) electrons. The molecule has 1 saturated heterocycles. The number of ether oxygens (including phenoxy) is 4. The number of carbonyl (C=O) groups is 4. The summed E-state index contributed by atoms with van der Waals surface area (Å²) < 4.78 is 24.4. The van der Waals surface area contributed by atoms with Gasteiger partial charge in [-0.15, -0.1) is 12.6 Å². The molecule has 0 spiro atoms. The maximum Gasteiger partial charge on any atom is 0.338 e. The van der Waals surface area contributed by atoms with Gasteiger partial charge in [0.15, 0.2) is 12.2 Å². The second kappa shape index (κ2) is 13.0. The molecule has 228 valence electrons. The fourth-order valence-electron chi connectivity index (χ4n) is 5.43. The van der Waals surface area contributed by atoms with Crippen molar-refractivity contribution in [1.82, 2.24) is 4.90 Å². The number of hydrogen-bond acceptors (Lipinski definition) is 9. The van der Waals surface area contributed by atoms with Gasteiger partial charge in [0.05, 0.1) is 22.3 Å². The predicted octanol–water partition coefficient (Wildman–Crippen LogP) is 5.14. The standard InChI is InChI=1S/C35H29NO8S/c1-21-16-18-24(19-17-21)42-29-27(20-41-33(39)22-10-4-2-5-11-22)43-35(45)28(30(29)44-34(40)23-12-6-3-7-13-23)36-31(37)25-14-8-9-15-26(25)32(36)38/h2-19,27-30,35,45H,20H2,1H3/t27-,28+,29-,30-,35+/m1/s1. The number of amides is 2. The average Bonchev–Trinajstić information content (AvgIpc) is 3.32. The van der Waals surface area contributed by atoms with Crippen molar-refractivity contribution in [2.75, 3.05) is 6.61 Å². The summed E-state index contributed by atoms with van der Waals surface area (Å²) in [5.74, 6) is -2.04. The van der Waals surface area contributed by atoms with E-state index in [1.807, 2.05) is 19.1 Å². The molecule has 1 fully saturated rings. The SMILES string of the molecule is Cc1ccc(O[C@H]2[C@H](OC(=O)c3ccccc3)[C@H](N3C(=O)c4ccccc4C3=O)[C@H](S)O[C@@H]2COC(=O)c2ccccc2)cc1. The first kappa shape index (κ1) is 30.1. The van der Waals surface area contributed by atoms with Crippen LogP contribution in [0.2, 0.25) is 0 Å². The molecule has 2 amide bonds. The minimum Gasteiger partial charge on any atom is -0.484 e. The molecule has 6 rings (SSSR count). The largest absolute Gasteiger partial charge is 0.484 e. The molecule has 5 atom stereocenters. The Bertz CT molecular complexity index is 1680. The third-order valence-electron chi connectivity index (χ3n) is 7.69. The van der Waals surface area contributed by atoms with Gasteiger partial charge in [0, 0.05) is 0 Å². The fourth-order valence-corrected chi connectivity index (χ4v) is 5.89. The number of imide groups is 1. The van der Waals surface area contributed by atoms with Crippen LogP contribution in [0.1, 0.15) is 47.0 Å². The minimum absolute atomic E-state index is 0.214. The Morgan fingerprint density at radius 3 is 1.84 bits per heavy atom. The molecule has 4 aromatic rings. The number of rotatable bonds is 8. The van der Waals surface area contributed by atoms with Gasteiger partial charge >= 0.3 is 11.9 Å². The molecule has 0 N–H and O–H groups in total. The zero-order valence-corrected chi connectivity index (χ0v) is 25.0. The minimum atomic E-state index is -1.28. The molecule has 2 heterocycles. The third kappa shape index (κ3) is 6.20. The Morgan fingerprint density at radius 1 is 0.733 bits per heavy atom. The zero-order valence-electron chi connectivity index (χ0n) is 24.1. The lowest BCUT2D eigenvalue weighted by molar-refractivity contribution is -0.174. The molecular formula is C35H29NO8S. The second-order valence-electron chi connectivity index (χ2n) is 10.7. The van der Waals surface area contributed by atoms with Crippen molar-refractivity contribution >= 4 is 36.4 Å². The van der Waals surface area contributed by atoms with E-state index in [1.54, 1.807) is 97.1 Å². The molecule has 0 aromatic heterocycles. The molecule has 0 saturated carbocycles. The van der Waals surface area contributed by atoms with Crippen LogP contribution in [0.15, 0.2) is 109 Å². The van der Waals surface area contributed by atoms with E-state index in [0.717, 1.165) is 10.5 Å². The van der Waals surface area contributed by atoms with Gasteiger partial charge in [-0.25, -0.2) is 9.59 Å². The van der Waals surface area contributed by atoms with Crippen LogP contribution in [0, 0.1) is 6.92 Å². The lowest BCUT2D eigenvalue weighted by Crippen LogP contribution is -2.66. The molecule has 0 bridgehead atoms. The van der Waals surface area contributed by atoms with Gasteiger partial charge in [-0.2, -0.15) is 0 Å². The summed E-state index contributed by atoms with van der Waals surface area (Å²) in [6.07, 6.45) is -3.43. The monoisotopic (exact) mass is 623 g/mol. The van der Waals surface area contributed by atoms with Crippen LogP contribution in [-0.4, -0.2) is 65.0 Å². The molecule has 2 aliphatic rings. The summed E-state index contributed by atoms with van der Waals surface area (Å²) in [7, 11) is 0. The van der Waals surface area contributed by atoms with Gasteiger partial charge in [-0.1, -0.05) is 66.2 Å². The van der Waals surface area contributed by atoms with Gasteiger partial charge in [-0.3, -0.25) is 14.5 Å². The van der Waals surface area contributed by atoms with Gasteiger partial charge in [0.1, 0.15) is 29.9 Å². The first-order valence-corrected chi connectivity index (χ1v) is 14.9. The van der Waals surface area contributed by atoms with Crippen LogP contribution in [-0.2, 0) is 14.2 Å². The molecular weight excluding hydrogens is 594 g/mol. The Kier molecular flexibility index (Phi) is 8.68. The second-order valence-corrected chi connectivity index (χ2v) is 11.2. The molecule has 10 heteroatoms. The van der Waals surface area contributed by atoms with Crippen molar-refractivity contribution in [2.24, 2.45) is 0 Å². The Hall–Kier alpha value is -4.93. The first-order chi connectivity index (χ1) is 21.8. The number of carbonyl (C=O) groups excluding carboxylic acids is 4. The van der Waals surface area contributed by atoms with E-state index in [4.69, 9.17) is 18.9 Å². The average molecular weight is 624 g/mol. The van der Waals surface area contributed by atoms with Crippen LogP contribution in [0.25, 0.3) is 0 Å². The van der Waals surface area contributed by atoms with Crippen molar-refractivity contribution in [3.05, 3.63) is 137 Å². The number of fused-ring (bicyclic) bond motifs is 1. The number of benzene rings is 4. The summed E-state index contributed by atoms with van der Waals surface area (Å²) in [6.45, 7) is 1.63. The molecule has 9 nitrogen and oxygen atoms in total. The molecule has 0 aliphatic carbocycles. The lowest BCUT2D eigenvalue weighted by atomic mass is 9.95. The molecule has 4 aromatic carbocycles. The van der Waals surface area contributed by atoms with Crippen molar-refractivity contribution in [3.8, 4) is 5.75 Å². The Morgan fingerprint density at radius 2 is 1.27 bits per heavy atom. The maximum absolute atomic E-state index is 13.7. The normalized spacial score (nSPS) is 22.4. The fraction of sp³-hybridized carbons (Fsp3) is 0.200. The zero-order chi connectivity index (χ0) is 31.5. The number of aryl methyl sites for hydroxylation is 1. The van der Waals surface area contributed by atoms with Gasteiger partial charge in [0.25, 0.3) is 11.8 Å². The van der Waals surface area contributed by atoms with E-state index in [0.29, 0.717) is 11.3 Å². The smallest absolute Gasteiger partial charge is 0.338 e. The van der Waals surface area contributed by atoms with E-state index >= 15 is 0 Å². The van der Waals surface area contributed by atoms with Gasteiger partial charge in [0.2, 0.25) is 0 Å². The summed E-state index contributed by atoms with van der Waals surface area (Å²) >= 11 is 4.66. The highest BCUT2D eigenvalue weighted by Gasteiger charge is 2.56. The molecule has 2 aliphatic heterocycles. The Labute approximate surface area is 265 Å². The van der Waals surface area contributed by atoms with Crippen LogP contribution in [0.4, 0.5) is 0 Å². The highest BCUT2D eigenvalue weighted by atomic mass is 32.1. The Balaban J connectivity index is 1.39. The summed E-state index contributed by atoms with van der Waals surface area (Å²) in [6, 6.07) is 29.2. The summed E-state index contributed by atoms with van der Waals surface area (Å²) in [5, 5.41) is 0. The summed E-state index contributed by atoms with van der Waals surface area (Å²) in [5.41, 5.74) is 0.864. The van der Waals surface area contributed by atoms with E-state index in [-0.39, 0.29) is 23.3 Å². The van der Waals surface area contributed by atoms with Crippen LogP contribution in [0.3, 0.4) is 0 Å². The van der Waals surface area contributed by atoms with Crippen LogP contribution in [0.5, 0.6) is 5.75 Å². The highest BCUT2D eigenvalue weighted by molar-refractivity contribution is 7.80. The molecule has 0 unspecified atom stereocenters. The van der Waals surface area contributed by atoms with E-state index in [2.05, 4.69) is 12.6 Å².